The van der Waals surface area contributed by atoms with E-state index in [1.807, 2.05) is 40.1 Å². The Bertz CT molecular complexity index is 1090. The van der Waals surface area contributed by atoms with Crippen LogP contribution >= 0.6 is 0 Å². The Labute approximate surface area is 209 Å². The van der Waals surface area contributed by atoms with Crippen molar-refractivity contribution in [3.8, 4) is 0 Å². The lowest BCUT2D eigenvalue weighted by Crippen LogP contribution is -2.23. The van der Waals surface area contributed by atoms with E-state index in [2.05, 4.69) is 42.3 Å². The number of hydrogen-bond acceptors (Lipinski definition) is 5. The lowest BCUT2D eigenvalue weighted by atomic mass is 9.86. The zero-order valence-electron chi connectivity index (χ0n) is 21.4. The van der Waals surface area contributed by atoms with Gasteiger partial charge >= 0.3 is 0 Å². The average Bonchev–Trinajstić information content (AvgIpc) is 3.00. The zero-order valence-corrected chi connectivity index (χ0v) is 21.4. The third-order valence-electron chi connectivity index (χ3n) is 6.01. The molecule has 5 nitrogen and oxygen atoms in total. The smallest absolute Gasteiger partial charge is 0.150 e. The number of fused-ring (bicyclic) bond motifs is 2. The Morgan fingerprint density at radius 1 is 1.20 bits per heavy atom. The second-order valence-corrected chi connectivity index (χ2v) is 8.16. The Kier molecular flexibility index (Phi) is 11.2. The van der Waals surface area contributed by atoms with Crippen LogP contribution in [0, 0.1) is 11.7 Å². The van der Waals surface area contributed by atoms with E-state index in [0.717, 1.165) is 42.2 Å². The fraction of sp³-hybridized carbons (Fsp3) is 0.345. The second kappa shape index (κ2) is 14.1. The molecule has 4 rings (SSSR count). The van der Waals surface area contributed by atoms with Crippen LogP contribution in [-0.2, 0) is 0 Å². The van der Waals surface area contributed by atoms with Gasteiger partial charge in [-0.1, -0.05) is 39.5 Å². The Morgan fingerprint density at radius 3 is 2.54 bits per heavy atom. The number of aromatic nitrogens is 1. The van der Waals surface area contributed by atoms with Crippen molar-refractivity contribution in [3.05, 3.63) is 82.6 Å². The minimum absolute atomic E-state index is 0.319. The molecule has 2 N–H and O–H groups in total. The summed E-state index contributed by atoms with van der Waals surface area (Å²) in [5.74, 6) is 0.152. The molecule has 35 heavy (non-hydrogen) atoms. The largest absolute Gasteiger partial charge is 0.392 e. The van der Waals surface area contributed by atoms with Crippen LogP contribution in [0.15, 0.2) is 59.2 Å². The molecule has 2 bridgehead atoms. The van der Waals surface area contributed by atoms with Gasteiger partial charge in [0.2, 0.25) is 0 Å². The van der Waals surface area contributed by atoms with Gasteiger partial charge in [0, 0.05) is 42.6 Å². The number of aldehydes is 1. The standard InChI is InChI=1S/C20H26N4.C7H5FO.C2H6/c1-5-15-6-7-19(24-20(15)10-13(2)21-4)17-12-23-18-8-9-22-11-16(17)14(18)3;8-7-3-1-6(5-9)2-4-7;1-2/h5-7,10,12,14,18,21-22H,1,8-9,11H2,2-4H3;1-5H;1-2H3/b13-10+;;. The number of rotatable bonds is 5. The number of dihydropyridines is 1. The number of carbonyl (C=O) groups excluding carboxylic acids is 1. The first-order valence-electron chi connectivity index (χ1n) is 12.1. The van der Waals surface area contributed by atoms with E-state index >= 15 is 0 Å². The normalized spacial score (nSPS) is 18.9. The maximum Gasteiger partial charge on any atom is 0.150 e. The molecule has 2 aliphatic rings. The molecule has 0 amide bonds. The molecule has 2 aromatic rings. The third-order valence-corrected chi connectivity index (χ3v) is 6.01. The first-order chi connectivity index (χ1) is 17.0. The van der Waals surface area contributed by atoms with Crippen LogP contribution in [0.2, 0.25) is 0 Å². The van der Waals surface area contributed by atoms with Gasteiger partial charge in [-0.05, 0) is 67.4 Å². The summed E-state index contributed by atoms with van der Waals surface area (Å²) in [6.45, 7) is 14.2. The van der Waals surface area contributed by atoms with E-state index in [1.54, 1.807) is 0 Å². The number of nitrogens with one attached hydrogen (secondary N) is 2. The molecule has 3 heterocycles. The van der Waals surface area contributed by atoms with Crippen LogP contribution in [0.4, 0.5) is 4.39 Å². The van der Waals surface area contributed by atoms with Crippen molar-refractivity contribution in [1.82, 2.24) is 15.6 Å². The molecule has 1 saturated heterocycles. The number of aliphatic imine (C=N–C) groups is 1. The molecule has 0 spiro atoms. The summed E-state index contributed by atoms with van der Waals surface area (Å²) in [6.07, 6.45) is 7.72. The minimum atomic E-state index is -0.319. The van der Waals surface area contributed by atoms with Crippen molar-refractivity contribution in [2.75, 3.05) is 20.1 Å². The van der Waals surface area contributed by atoms with E-state index in [4.69, 9.17) is 9.98 Å². The molecule has 2 atom stereocenters. The monoisotopic (exact) mass is 476 g/mol. The number of halogens is 1. The van der Waals surface area contributed by atoms with E-state index in [9.17, 15) is 9.18 Å². The van der Waals surface area contributed by atoms with E-state index < -0.39 is 0 Å². The van der Waals surface area contributed by atoms with Crippen LogP contribution < -0.4 is 10.6 Å². The molecule has 2 unspecified atom stereocenters. The Morgan fingerprint density at radius 2 is 1.91 bits per heavy atom. The lowest BCUT2D eigenvalue weighted by molar-refractivity contribution is 0.112. The molecule has 0 aliphatic carbocycles. The van der Waals surface area contributed by atoms with Gasteiger partial charge in [0.1, 0.15) is 12.1 Å². The average molecular weight is 477 g/mol. The SMILES string of the molecule is C=Cc1ccc(C2=C3CNCCC(N=C2)C3C)nc1/C=C(\C)NC.CC.O=Cc1ccc(F)cc1. The van der Waals surface area contributed by atoms with Crippen molar-refractivity contribution in [2.24, 2.45) is 10.9 Å². The number of allylic oxidation sites excluding steroid dienone is 2. The molecule has 0 radical (unpaired) electrons. The maximum absolute atomic E-state index is 12.1. The number of benzene rings is 1. The maximum atomic E-state index is 12.1. The summed E-state index contributed by atoms with van der Waals surface area (Å²) in [5, 5.41) is 6.68. The van der Waals surface area contributed by atoms with Gasteiger partial charge < -0.3 is 10.6 Å². The van der Waals surface area contributed by atoms with Crippen LogP contribution in [0.1, 0.15) is 61.4 Å². The quantitative estimate of drug-likeness (QED) is 0.535. The highest BCUT2D eigenvalue weighted by atomic mass is 19.1. The van der Waals surface area contributed by atoms with Gasteiger partial charge in [-0.3, -0.25) is 9.79 Å². The summed E-state index contributed by atoms with van der Waals surface area (Å²) in [6, 6.07) is 9.94. The van der Waals surface area contributed by atoms with Crippen LogP contribution in [0.5, 0.6) is 0 Å². The third kappa shape index (κ3) is 7.55. The van der Waals surface area contributed by atoms with Crippen molar-refractivity contribution < 1.29 is 9.18 Å². The first-order valence-corrected chi connectivity index (χ1v) is 12.1. The number of hydrogen-bond donors (Lipinski definition) is 2. The summed E-state index contributed by atoms with van der Waals surface area (Å²) >= 11 is 0. The van der Waals surface area contributed by atoms with Crippen molar-refractivity contribution in [2.45, 2.75) is 40.2 Å². The van der Waals surface area contributed by atoms with Crippen molar-refractivity contribution in [1.29, 1.82) is 0 Å². The summed E-state index contributed by atoms with van der Waals surface area (Å²) in [7, 11) is 1.92. The second-order valence-electron chi connectivity index (χ2n) is 8.16. The Hall–Kier alpha value is -3.38. The summed E-state index contributed by atoms with van der Waals surface area (Å²) < 4.78 is 12.1. The van der Waals surface area contributed by atoms with Gasteiger partial charge in [0.05, 0.1) is 17.4 Å². The van der Waals surface area contributed by atoms with Crippen LogP contribution in [-0.4, -0.2) is 43.7 Å². The number of carbonyl (C=O) groups is 1. The highest BCUT2D eigenvalue weighted by Gasteiger charge is 2.28. The van der Waals surface area contributed by atoms with Crippen molar-refractivity contribution >= 4 is 30.2 Å². The molecule has 1 fully saturated rings. The number of pyridine rings is 1. The summed E-state index contributed by atoms with van der Waals surface area (Å²) in [5.41, 5.74) is 7.12. The zero-order chi connectivity index (χ0) is 25.8. The number of nitrogens with zero attached hydrogens (tertiary/aromatic N) is 2. The van der Waals surface area contributed by atoms with Gasteiger partial charge in [-0.2, -0.15) is 0 Å². The first kappa shape index (κ1) is 27.9. The topological polar surface area (TPSA) is 66.4 Å². The highest BCUT2D eigenvalue weighted by Crippen LogP contribution is 2.32. The molecule has 0 saturated carbocycles. The fourth-order valence-electron chi connectivity index (χ4n) is 3.89. The molecule has 1 aromatic carbocycles. The van der Waals surface area contributed by atoms with E-state index in [0.29, 0.717) is 23.8 Å². The Balaban J connectivity index is 0.000000329. The molecular formula is C29H37FN4O. The van der Waals surface area contributed by atoms with Gasteiger partial charge in [0.15, 0.2) is 0 Å². The summed E-state index contributed by atoms with van der Waals surface area (Å²) in [4.78, 5) is 19.7. The van der Waals surface area contributed by atoms with E-state index in [-0.39, 0.29) is 5.82 Å². The van der Waals surface area contributed by atoms with Gasteiger partial charge in [-0.25, -0.2) is 9.37 Å². The fourth-order valence-corrected chi connectivity index (χ4v) is 3.89. The molecule has 6 heteroatoms. The van der Waals surface area contributed by atoms with Crippen LogP contribution in [0.25, 0.3) is 17.7 Å². The van der Waals surface area contributed by atoms with Crippen molar-refractivity contribution in [3.63, 3.8) is 0 Å². The highest BCUT2D eigenvalue weighted by molar-refractivity contribution is 6.11. The lowest BCUT2D eigenvalue weighted by Gasteiger charge is -2.26. The molecule has 1 aromatic heterocycles. The molecule has 2 aliphatic heterocycles. The van der Waals surface area contributed by atoms with Gasteiger partial charge in [0.25, 0.3) is 0 Å². The van der Waals surface area contributed by atoms with Gasteiger partial charge in [-0.15, -0.1) is 0 Å². The van der Waals surface area contributed by atoms with E-state index in [1.165, 1.54) is 35.4 Å². The molecular weight excluding hydrogens is 439 g/mol. The predicted octanol–water partition coefficient (Wildman–Crippen LogP) is 5.81. The predicted molar refractivity (Wildman–Crippen MR) is 146 cm³/mol. The molecule has 186 valence electrons. The minimum Gasteiger partial charge on any atom is -0.392 e. The van der Waals surface area contributed by atoms with Crippen LogP contribution in [0.3, 0.4) is 0 Å².